The zero-order valence-corrected chi connectivity index (χ0v) is 11.1. The molecule has 1 saturated carbocycles. The summed E-state index contributed by atoms with van der Waals surface area (Å²) >= 11 is 2.13. The normalized spacial score (nSPS) is 47.0. The van der Waals surface area contributed by atoms with E-state index in [4.69, 9.17) is 0 Å². The van der Waals surface area contributed by atoms with Crippen LogP contribution in [-0.2, 0) is 0 Å². The second kappa shape index (κ2) is 5.09. The molecule has 0 aromatic carbocycles. The van der Waals surface area contributed by atoms with Gasteiger partial charge < -0.3 is 5.32 Å². The van der Waals surface area contributed by atoms with Crippen molar-refractivity contribution in [3.8, 4) is 0 Å². The first-order valence-electron chi connectivity index (χ1n) is 6.52. The maximum atomic E-state index is 3.88. The summed E-state index contributed by atoms with van der Waals surface area (Å²) in [7, 11) is 0. The van der Waals surface area contributed by atoms with Gasteiger partial charge in [-0.05, 0) is 37.5 Å². The zero-order valence-electron chi connectivity index (χ0n) is 10.3. The molecule has 2 heteroatoms. The van der Waals surface area contributed by atoms with Crippen LogP contribution in [0.15, 0.2) is 0 Å². The van der Waals surface area contributed by atoms with Crippen molar-refractivity contribution in [3.63, 3.8) is 0 Å². The van der Waals surface area contributed by atoms with Crippen LogP contribution >= 0.6 is 11.8 Å². The van der Waals surface area contributed by atoms with Gasteiger partial charge in [-0.2, -0.15) is 11.8 Å². The molecule has 0 bridgehead atoms. The zero-order chi connectivity index (χ0) is 10.8. The van der Waals surface area contributed by atoms with Crippen LogP contribution in [0.1, 0.15) is 46.5 Å². The molecule has 1 saturated heterocycles. The van der Waals surface area contributed by atoms with E-state index < -0.39 is 0 Å². The predicted molar refractivity (Wildman–Crippen MR) is 69.4 cm³/mol. The van der Waals surface area contributed by atoms with E-state index in [1.54, 1.807) is 0 Å². The summed E-state index contributed by atoms with van der Waals surface area (Å²) in [6.45, 7) is 7.19. The van der Waals surface area contributed by atoms with E-state index in [9.17, 15) is 0 Å². The standard InChI is InChI=1S/C13H25NS/c1-9-4-5-12(6-10(9)2)14-13-7-11(3)15-8-13/h9-14H,4-8H2,1-3H3. The average molecular weight is 227 g/mol. The molecule has 1 N–H and O–H groups in total. The number of hydrogen-bond donors (Lipinski definition) is 1. The highest BCUT2D eigenvalue weighted by atomic mass is 32.2. The molecule has 88 valence electrons. The van der Waals surface area contributed by atoms with Gasteiger partial charge in [0, 0.05) is 23.1 Å². The first-order valence-corrected chi connectivity index (χ1v) is 7.57. The molecule has 1 nitrogen and oxygen atoms in total. The van der Waals surface area contributed by atoms with E-state index in [0.29, 0.717) is 0 Å². The summed E-state index contributed by atoms with van der Waals surface area (Å²) in [4.78, 5) is 0. The van der Waals surface area contributed by atoms with E-state index in [0.717, 1.165) is 29.2 Å². The van der Waals surface area contributed by atoms with Crippen LogP contribution in [0.4, 0.5) is 0 Å². The molecule has 2 rings (SSSR count). The average Bonchev–Trinajstić information content (AvgIpc) is 2.58. The molecular weight excluding hydrogens is 202 g/mol. The summed E-state index contributed by atoms with van der Waals surface area (Å²) in [5.41, 5.74) is 0. The van der Waals surface area contributed by atoms with Gasteiger partial charge in [0.05, 0.1) is 0 Å². The van der Waals surface area contributed by atoms with Gasteiger partial charge >= 0.3 is 0 Å². The molecule has 0 aromatic rings. The smallest absolute Gasteiger partial charge is 0.0171 e. The first kappa shape index (κ1) is 11.8. The molecule has 15 heavy (non-hydrogen) atoms. The van der Waals surface area contributed by atoms with Crippen LogP contribution < -0.4 is 5.32 Å². The highest BCUT2D eigenvalue weighted by Gasteiger charge is 2.28. The summed E-state index contributed by atoms with van der Waals surface area (Å²) < 4.78 is 0. The maximum Gasteiger partial charge on any atom is 0.0171 e. The summed E-state index contributed by atoms with van der Waals surface area (Å²) in [5.74, 6) is 3.20. The van der Waals surface area contributed by atoms with Gasteiger partial charge in [-0.15, -0.1) is 0 Å². The van der Waals surface area contributed by atoms with Gasteiger partial charge in [0.1, 0.15) is 0 Å². The van der Waals surface area contributed by atoms with Crippen molar-refractivity contribution in [2.24, 2.45) is 11.8 Å². The Morgan fingerprint density at radius 3 is 2.33 bits per heavy atom. The highest BCUT2D eigenvalue weighted by Crippen LogP contribution is 2.31. The van der Waals surface area contributed by atoms with Gasteiger partial charge in [-0.3, -0.25) is 0 Å². The van der Waals surface area contributed by atoms with E-state index >= 15 is 0 Å². The monoisotopic (exact) mass is 227 g/mol. The summed E-state index contributed by atoms with van der Waals surface area (Å²) in [6, 6.07) is 1.61. The van der Waals surface area contributed by atoms with Crippen LogP contribution in [-0.4, -0.2) is 23.1 Å². The molecule has 0 spiro atoms. The molecule has 0 radical (unpaired) electrons. The fourth-order valence-corrected chi connectivity index (χ4v) is 4.13. The van der Waals surface area contributed by atoms with Crippen molar-refractivity contribution in [3.05, 3.63) is 0 Å². The van der Waals surface area contributed by atoms with Crippen LogP contribution in [0.25, 0.3) is 0 Å². The third-order valence-electron chi connectivity index (χ3n) is 4.27. The Morgan fingerprint density at radius 1 is 0.933 bits per heavy atom. The third-order valence-corrected chi connectivity index (χ3v) is 5.62. The quantitative estimate of drug-likeness (QED) is 0.777. The number of hydrogen-bond acceptors (Lipinski definition) is 2. The van der Waals surface area contributed by atoms with Crippen LogP contribution in [0.5, 0.6) is 0 Å². The van der Waals surface area contributed by atoms with Crippen molar-refractivity contribution < 1.29 is 0 Å². The lowest BCUT2D eigenvalue weighted by Crippen LogP contribution is -2.42. The van der Waals surface area contributed by atoms with Gasteiger partial charge in [0.25, 0.3) is 0 Å². The Hall–Kier alpha value is 0.310. The van der Waals surface area contributed by atoms with Crippen molar-refractivity contribution >= 4 is 11.8 Å². The molecule has 0 amide bonds. The lowest BCUT2D eigenvalue weighted by molar-refractivity contribution is 0.217. The third kappa shape index (κ3) is 3.13. The minimum Gasteiger partial charge on any atom is -0.310 e. The number of thioether (sulfide) groups is 1. The molecule has 2 fully saturated rings. The Labute approximate surface area is 98.8 Å². The second-order valence-electron chi connectivity index (χ2n) is 5.71. The van der Waals surface area contributed by atoms with Gasteiger partial charge in [-0.1, -0.05) is 20.8 Å². The minimum absolute atomic E-state index is 0.801. The van der Waals surface area contributed by atoms with Crippen molar-refractivity contribution in [1.82, 2.24) is 5.32 Å². The molecular formula is C13H25NS. The lowest BCUT2D eigenvalue weighted by atomic mass is 9.79. The lowest BCUT2D eigenvalue weighted by Gasteiger charge is -2.34. The summed E-state index contributed by atoms with van der Waals surface area (Å²) in [5, 5.41) is 4.76. The van der Waals surface area contributed by atoms with Gasteiger partial charge in [0.15, 0.2) is 0 Å². The van der Waals surface area contributed by atoms with E-state index in [-0.39, 0.29) is 0 Å². The second-order valence-corrected chi connectivity index (χ2v) is 7.18. The van der Waals surface area contributed by atoms with E-state index in [2.05, 4.69) is 37.8 Å². The fraction of sp³-hybridized carbons (Fsp3) is 1.00. The van der Waals surface area contributed by atoms with Crippen LogP contribution in [0, 0.1) is 11.8 Å². The maximum absolute atomic E-state index is 3.88. The first-order chi connectivity index (χ1) is 7.15. The topological polar surface area (TPSA) is 12.0 Å². The van der Waals surface area contributed by atoms with Gasteiger partial charge in [-0.25, -0.2) is 0 Å². The molecule has 5 unspecified atom stereocenters. The molecule has 1 heterocycles. The van der Waals surface area contributed by atoms with Gasteiger partial charge in [0.2, 0.25) is 0 Å². The molecule has 1 aliphatic carbocycles. The Morgan fingerprint density at radius 2 is 1.73 bits per heavy atom. The Bertz CT molecular complexity index is 207. The van der Waals surface area contributed by atoms with Crippen molar-refractivity contribution in [1.29, 1.82) is 0 Å². The van der Waals surface area contributed by atoms with Crippen molar-refractivity contribution in [2.75, 3.05) is 5.75 Å². The fourth-order valence-electron chi connectivity index (χ4n) is 2.97. The largest absolute Gasteiger partial charge is 0.310 e. The van der Waals surface area contributed by atoms with Crippen LogP contribution in [0.3, 0.4) is 0 Å². The number of nitrogens with one attached hydrogen (secondary N) is 1. The predicted octanol–water partition coefficient (Wildman–Crippen LogP) is 3.29. The molecule has 1 aliphatic heterocycles. The molecule has 0 aromatic heterocycles. The highest BCUT2D eigenvalue weighted by molar-refractivity contribution is 8.00. The Balaban J connectivity index is 1.75. The van der Waals surface area contributed by atoms with E-state index in [1.807, 2.05) is 0 Å². The Kier molecular flexibility index (Phi) is 4.00. The minimum atomic E-state index is 0.801. The van der Waals surface area contributed by atoms with Crippen LogP contribution in [0.2, 0.25) is 0 Å². The SMILES string of the molecule is CC1CC(NC2CCC(C)C(C)C2)CS1. The molecule has 2 aliphatic rings. The molecule has 5 atom stereocenters. The summed E-state index contributed by atoms with van der Waals surface area (Å²) in [6.07, 6.45) is 5.61. The van der Waals surface area contributed by atoms with Crippen molar-refractivity contribution in [2.45, 2.75) is 63.8 Å². The van der Waals surface area contributed by atoms with E-state index in [1.165, 1.54) is 31.4 Å². The number of rotatable bonds is 2.